The smallest absolute Gasteiger partial charge is 0.0234 e. The average Bonchev–Trinajstić information content (AvgIpc) is 2.92. The average molecular weight is 596 g/mol. The first-order chi connectivity index (χ1) is 19.1. The van der Waals surface area contributed by atoms with Crippen molar-refractivity contribution in [2.45, 2.75) is 116 Å². The summed E-state index contributed by atoms with van der Waals surface area (Å²) in [7, 11) is 0. The standard InChI is InChI=1S/C11H16N2.C7H16N2.C5H11N.3C4H10.2CH4/c1-2-4-11(5-3-1)10-13-8-6-12-7-9-13;1-2-5-9-6-3-8-4-7-9;1-2-4-6-5-3-1;3*1-4(2)3;;/h1-5,12H,6-10H2;8H,2-7H2,1H3;6H,1-5H2;3*4H,1-3H3;2*1H4. The lowest BCUT2D eigenvalue weighted by Gasteiger charge is -2.27. The van der Waals surface area contributed by atoms with Gasteiger partial charge in [-0.3, -0.25) is 4.90 Å². The summed E-state index contributed by atoms with van der Waals surface area (Å²) in [5, 5.41) is 9.98. The van der Waals surface area contributed by atoms with Gasteiger partial charge in [0.05, 0.1) is 0 Å². The molecule has 1 aromatic carbocycles. The molecule has 0 atom stereocenters. The first-order valence-corrected chi connectivity index (χ1v) is 16.7. The second-order valence-electron chi connectivity index (χ2n) is 13.1. The molecule has 3 heterocycles. The van der Waals surface area contributed by atoms with Crippen molar-refractivity contribution in [1.82, 2.24) is 25.8 Å². The van der Waals surface area contributed by atoms with Gasteiger partial charge in [-0.25, -0.2) is 0 Å². The van der Waals surface area contributed by atoms with E-state index in [2.05, 4.69) is 125 Å². The van der Waals surface area contributed by atoms with Gasteiger partial charge in [0.25, 0.3) is 0 Å². The van der Waals surface area contributed by atoms with Crippen molar-refractivity contribution in [1.29, 1.82) is 0 Å². The van der Waals surface area contributed by atoms with Crippen molar-refractivity contribution in [3.63, 3.8) is 0 Å². The number of nitrogens with one attached hydrogen (secondary N) is 3. The molecule has 3 aliphatic heterocycles. The van der Waals surface area contributed by atoms with Gasteiger partial charge in [-0.15, -0.1) is 0 Å². The molecule has 254 valence electrons. The van der Waals surface area contributed by atoms with E-state index in [1.165, 1.54) is 90.1 Å². The highest BCUT2D eigenvalue weighted by atomic mass is 15.2. The summed E-state index contributed by atoms with van der Waals surface area (Å²) in [6.07, 6.45) is 5.51. The van der Waals surface area contributed by atoms with Crippen LogP contribution < -0.4 is 16.0 Å². The minimum absolute atomic E-state index is 0. The predicted molar refractivity (Wildman–Crippen MR) is 196 cm³/mol. The van der Waals surface area contributed by atoms with Gasteiger partial charge in [-0.2, -0.15) is 0 Å². The van der Waals surface area contributed by atoms with Gasteiger partial charge in [0, 0.05) is 58.9 Å². The molecule has 3 saturated heterocycles. The fourth-order valence-electron chi connectivity index (χ4n) is 3.76. The third kappa shape index (κ3) is 43.5. The Bertz CT molecular complexity index is 538. The van der Waals surface area contributed by atoms with E-state index in [9.17, 15) is 0 Å². The summed E-state index contributed by atoms with van der Waals surface area (Å²) in [4.78, 5) is 5.00. The van der Waals surface area contributed by atoms with Crippen molar-refractivity contribution in [3.8, 4) is 0 Å². The van der Waals surface area contributed by atoms with Crippen molar-refractivity contribution in [2.75, 3.05) is 72.0 Å². The zero-order chi connectivity index (χ0) is 30.4. The number of hydrogen-bond donors (Lipinski definition) is 3. The minimum Gasteiger partial charge on any atom is -0.317 e. The van der Waals surface area contributed by atoms with Crippen LogP contribution in [0.2, 0.25) is 0 Å². The fourth-order valence-corrected chi connectivity index (χ4v) is 3.76. The molecule has 5 heteroatoms. The second kappa shape index (κ2) is 36.2. The van der Waals surface area contributed by atoms with Crippen LogP contribution >= 0.6 is 0 Å². The van der Waals surface area contributed by atoms with Gasteiger partial charge in [0.15, 0.2) is 0 Å². The van der Waals surface area contributed by atoms with E-state index in [0.717, 1.165) is 37.4 Å². The van der Waals surface area contributed by atoms with Gasteiger partial charge in [0.2, 0.25) is 0 Å². The molecule has 0 saturated carbocycles. The number of piperazine rings is 2. The van der Waals surface area contributed by atoms with Crippen LogP contribution in [0.1, 0.15) is 115 Å². The largest absolute Gasteiger partial charge is 0.317 e. The molecule has 0 radical (unpaired) electrons. The molecular formula is C37H81N5. The molecule has 0 aliphatic carbocycles. The molecule has 0 bridgehead atoms. The van der Waals surface area contributed by atoms with Crippen LogP contribution in [0.25, 0.3) is 0 Å². The SMILES string of the molecule is C.C.C1CCNCC1.CC(C)C.CC(C)C.CC(C)C.CCCN1CCNCC1.c1ccc(CN2CCNCC2)cc1. The maximum atomic E-state index is 3.36. The fraction of sp³-hybridized carbons (Fsp3) is 0.838. The second-order valence-corrected chi connectivity index (χ2v) is 13.1. The topological polar surface area (TPSA) is 42.6 Å². The normalized spacial score (nSPS) is 16.6. The highest BCUT2D eigenvalue weighted by Gasteiger charge is 2.09. The van der Waals surface area contributed by atoms with E-state index in [1.807, 2.05) is 0 Å². The Morgan fingerprint density at radius 1 is 0.548 bits per heavy atom. The first-order valence-electron chi connectivity index (χ1n) is 16.7. The Balaban J connectivity index is -0.000000220. The van der Waals surface area contributed by atoms with E-state index >= 15 is 0 Å². The van der Waals surface area contributed by atoms with E-state index in [1.54, 1.807) is 0 Å². The molecule has 0 unspecified atom stereocenters. The Hall–Kier alpha value is -0.980. The number of hydrogen-bond acceptors (Lipinski definition) is 5. The van der Waals surface area contributed by atoms with Crippen molar-refractivity contribution in [3.05, 3.63) is 35.9 Å². The number of nitrogens with zero attached hydrogens (tertiary/aromatic N) is 2. The van der Waals surface area contributed by atoms with Crippen LogP contribution in [-0.4, -0.2) is 81.8 Å². The van der Waals surface area contributed by atoms with Crippen molar-refractivity contribution >= 4 is 0 Å². The maximum absolute atomic E-state index is 3.36. The molecular weight excluding hydrogens is 514 g/mol. The van der Waals surface area contributed by atoms with Crippen LogP contribution in [0, 0.1) is 17.8 Å². The van der Waals surface area contributed by atoms with Gasteiger partial charge in [-0.1, -0.05) is 121 Å². The summed E-state index contributed by atoms with van der Waals surface area (Å²) in [5.41, 5.74) is 1.42. The molecule has 42 heavy (non-hydrogen) atoms. The molecule has 1 aromatic rings. The molecule has 0 amide bonds. The Morgan fingerprint density at radius 3 is 1.21 bits per heavy atom. The van der Waals surface area contributed by atoms with E-state index < -0.39 is 0 Å². The highest BCUT2D eigenvalue weighted by molar-refractivity contribution is 5.14. The van der Waals surface area contributed by atoms with Crippen molar-refractivity contribution in [2.24, 2.45) is 17.8 Å². The number of piperidine rings is 1. The summed E-state index contributed by atoms with van der Waals surface area (Å²) >= 11 is 0. The number of benzene rings is 1. The molecule has 3 aliphatic rings. The van der Waals surface area contributed by atoms with E-state index in [0.29, 0.717) is 0 Å². The van der Waals surface area contributed by atoms with Gasteiger partial charge in [-0.05, 0) is 62.2 Å². The maximum Gasteiger partial charge on any atom is 0.0234 e. The van der Waals surface area contributed by atoms with Gasteiger partial charge in [0.1, 0.15) is 0 Å². The van der Waals surface area contributed by atoms with Crippen LogP contribution in [0.4, 0.5) is 0 Å². The summed E-state index contributed by atoms with van der Waals surface area (Å²) in [6, 6.07) is 10.7. The van der Waals surface area contributed by atoms with Gasteiger partial charge >= 0.3 is 0 Å². The quantitative estimate of drug-likeness (QED) is 0.326. The minimum atomic E-state index is 0. The van der Waals surface area contributed by atoms with Crippen LogP contribution in [-0.2, 0) is 6.54 Å². The molecule has 4 rings (SSSR count). The third-order valence-electron chi connectivity index (χ3n) is 5.42. The predicted octanol–water partition coefficient (Wildman–Crippen LogP) is 8.41. The van der Waals surface area contributed by atoms with Crippen LogP contribution in [0.3, 0.4) is 0 Å². The molecule has 5 nitrogen and oxygen atoms in total. The van der Waals surface area contributed by atoms with E-state index in [4.69, 9.17) is 0 Å². The zero-order valence-electron chi connectivity index (χ0n) is 28.8. The van der Waals surface area contributed by atoms with E-state index in [-0.39, 0.29) is 14.9 Å². The molecule has 3 fully saturated rings. The van der Waals surface area contributed by atoms with Crippen LogP contribution in [0.15, 0.2) is 30.3 Å². The lowest BCUT2D eigenvalue weighted by molar-refractivity contribution is 0.233. The zero-order valence-corrected chi connectivity index (χ0v) is 28.8. The highest BCUT2D eigenvalue weighted by Crippen LogP contribution is 2.04. The van der Waals surface area contributed by atoms with Crippen molar-refractivity contribution < 1.29 is 0 Å². The lowest BCUT2D eigenvalue weighted by Crippen LogP contribution is -2.43. The Morgan fingerprint density at radius 2 is 0.905 bits per heavy atom. The first kappa shape index (κ1) is 47.9. The molecule has 0 aromatic heterocycles. The number of rotatable bonds is 4. The summed E-state index contributed by atoms with van der Waals surface area (Å²) < 4.78 is 0. The van der Waals surface area contributed by atoms with Crippen LogP contribution in [0.5, 0.6) is 0 Å². The third-order valence-corrected chi connectivity index (χ3v) is 5.42. The summed E-state index contributed by atoms with van der Waals surface area (Å²) in [5.74, 6) is 2.50. The van der Waals surface area contributed by atoms with Gasteiger partial charge < -0.3 is 20.9 Å². The lowest BCUT2D eigenvalue weighted by atomic mass is 10.2. The Labute approximate surface area is 267 Å². The Kier molecular flexibility index (Phi) is 41.3. The molecule has 0 spiro atoms. The monoisotopic (exact) mass is 596 g/mol. The summed E-state index contributed by atoms with van der Waals surface area (Å²) in [6.45, 7) is 36.1. The molecule has 3 N–H and O–H groups in total.